The summed E-state index contributed by atoms with van der Waals surface area (Å²) in [6.07, 6.45) is 1.24. The summed E-state index contributed by atoms with van der Waals surface area (Å²) in [7, 11) is 2.10. The molecule has 2 amide bonds. The molecule has 0 spiro atoms. The monoisotopic (exact) mass is 709 g/mol. The topological polar surface area (TPSA) is 131 Å². The Morgan fingerprint density at radius 1 is 1.04 bits per heavy atom. The second-order valence-electron chi connectivity index (χ2n) is 14.9. The first kappa shape index (κ1) is 34.9. The lowest BCUT2D eigenvalue weighted by Crippen LogP contribution is -2.53. The zero-order valence-electron chi connectivity index (χ0n) is 29.1. The minimum absolute atomic E-state index is 0.0581. The molecule has 6 rings (SSSR count). The number of carbonyl (C=O) groups is 2. The summed E-state index contributed by atoms with van der Waals surface area (Å²) in [5.41, 5.74) is 1.90. The fourth-order valence-electron chi connectivity index (χ4n) is 6.25. The van der Waals surface area contributed by atoms with Gasteiger partial charge in [-0.1, -0.05) is 35.1 Å². The van der Waals surface area contributed by atoms with Crippen LogP contribution in [0.1, 0.15) is 54.4 Å². The third-order valence-corrected chi connectivity index (χ3v) is 9.83. The van der Waals surface area contributed by atoms with Gasteiger partial charge in [0, 0.05) is 49.3 Å². The molecule has 2 aromatic heterocycles. The largest absolute Gasteiger partial charge is 0.444 e. The molecule has 2 aliphatic heterocycles. The van der Waals surface area contributed by atoms with Crippen LogP contribution in [0.25, 0.3) is 32.4 Å². The molecule has 14 heteroatoms. The molecule has 0 radical (unpaired) electrons. The van der Waals surface area contributed by atoms with Crippen molar-refractivity contribution >= 4 is 67.3 Å². The number of nitrogens with one attached hydrogen (secondary N) is 2. The lowest BCUT2D eigenvalue weighted by atomic mass is 10.00. The number of anilines is 2. The number of rotatable bonds is 7. The maximum absolute atomic E-state index is 14.0. The molecule has 0 saturated carbocycles. The first-order chi connectivity index (χ1) is 23.0. The van der Waals surface area contributed by atoms with Gasteiger partial charge < -0.3 is 29.2 Å². The minimum atomic E-state index is -0.644. The van der Waals surface area contributed by atoms with Gasteiger partial charge in [-0.25, -0.2) is 19.6 Å². The molecule has 4 aromatic rings. The van der Waals surface area contributed by atoms with Crippen LogP contribution in [0.3, 0.4) is 0 Å². The molecule has 1 atom stereocenters. The molecule has 0 unspecified atom stereocenters. The van der Waals surface area contributed by atoms with E-state index in [1.807, 2.05) is 45.0 Å². The number of aromatic nitrogens is 3. The molecular weight excluding hydrogens is 666 g/mol. The summed E-state index contributed by atoms with van der Waals surface area (Å²) in [6.45, 7) is 13.9. The van der Waals surface area contributed by atoms with E-state index >= 15 is 0 Å². The number of fused-ring (bicyclic) bond motifs is 2. The van der Waals surface area contributed by atoms with Gasteiger partial charge in [-0.3, -0.25) is 10.1 Å². The van der Waals surface area contributed by atoms with Crippen LogP contribution in [0, 0.1) is 5.92 Å². The standard InChI is InChI=1S/C35H44ClN7O5S/c1-34(2,3)47-32(45)40-31-39-28-22(11-8-12-27(28)49-31)23-14-25-26(15-24(23)36)43(19-20-17-42(18-20)33(46)48-35(4,5)6)30(44)29(38-25)37-16-21-10-9-13-41(21)7/h8,11-12,14-15,20-21H,9-10,13,16-19H2,1-7H3,(H,37,38)(H,39,40,45)/t21-/m0/s1. The van der Waals surface area contributed by atoms with Crippen LogP contribution in [0.5, 0.6) is 0 Å². The van der Waals surface area contributed by atoms with E-state index in [1.165, 1.54) is 11.3 Å². The fourth-order valence-corrected chi connectivity index (χ4v) is 7.38. The minimum Gasteiger partial charge on any atom is -0.444 e. The molecule has 262 valence electrons. The van der Waals surface area contributed by atoms with Crippen molar-refractivity contribution in [2.45, 2.75) is 78.2 Å². The van der Waals surface area contributed by atoms with E-state index in [4.69, 9.17) is 31.0 Å². The number of ether oxygens (including phenoxy) is 2. The number of hydrogen-bond donors (Lipinski definition) is 2. The number of thiazole rings is 1. The van der Waals surface area contributed by atoms with Crippen LogP contribution >= 0.6 is 22.9 Å². The number of likely N-dealkylation sites (N-methyl/N-ethyl adjacent to an activating group) is 1. The van der Waals surface area contributed by atoms with E-state index in [1.54, 1.807) is 36.3 Å². The number of amides is 2. The molecule has 4 heterocycles. The second kappa shape index (κ2) is 13.4. The number of para-hydroxylation sites is 1. The summed E-state index contributed by atoms with van der Waals surface area (Å²) in [5, 5.41) is 6.94. The third kappa shape index (κ3) is 7.94. The van der Waals surface area contributed by atoms with Gasteiger partial charge in [0.2, 0.25) is 0 Å². The molecule has 12 nitrogen and oxygen atoms in total. The average molecular weight is 710 g/mol. The van der Waals surface area contributed by atoms with Crippen LogP contribution in [0.2, 0.25) is 5.02 Å². The first-order valence-electron chi connectivity index (χ1n) is 16.6. The van der Waals surface area contributed by atoms with E-state index in [0.717, 1.165) is 29.6 Å². The number of nitrogens with zero attached hydrogens (tertiary/aromatic N) is 5. The number of likely N-dealkylation sites (tertiary alicyclic amines) is 2. The highest BCUT2D eigenvalue weighted by Crippen LogP contribution is 2.39. The van der Waals surface area contributed by atoms with E-state index < -0.39 is 17.3 Å². The van der Waals surface area contributed by atoms with Gasteiger partial charge in [-0.15, -0.1) is 0 Å². The van der Waals surface area contributed by atoms with E-state index in [2.05, 4.69) is 22.6 Å². The van der Waals surface area contributed by atoms with Crippen LogP contribution in [-0.2, 0) is 16.0 Å². The first-order valence-corrected chi connectivity index (χ1v) is 17.8. The van der Waals surface area contributed by atoms with E-state index in [-0.39, 0.29) is 23.4 Å². The highest BCUT2D eigenvalue weighted by Gasteiger charge is 2.34. The zero-order chi connectivity index (χ0) is 35.2. The van der Waals surface area contributed by atoms with Gasteiger partial charge in [-0.05, 0) is 86.2 Å². The molecular formula is C35H44ClN7O5S. The highest BCUT2D eigenvalue weighted by molar-refractivity contribution is 7.22. The number of hydrogen-bond acceptors (Lipinski definition) is 10. The van der Waals surface area contributed by atoms with Crippen molar-refractivity contribution in [3.63, 3.8) is 0 Å². The molecule has 2 N–H and O–H groups in total. The molecule has 0 aliphatic carbocycles. The predicted molar refractivity (Wildman–Crippen MR) is 195 cm³/mol. The van der Waals surface area contributed by atoms with Crippen molar-refractivity contribution in [3.8, 4) is 11.1 Å². The Morgan fingerprint density at radius 2 is 1.78 bits per heavy atom. The van der Waals surface area contributed by atoms with Crippen LogP contribution in [-0.4, -0.2) is 87.0 Å². The van der Waals surface area contributed by atoms with Crippen molar-refractivity contribution in [3.05, 3.63) is 45.7 Å². The predicted octanol–water partition coefficient (Wildman–Crippen LogP) is 7.05. The Kier molecular flexibility index (Phi) is 9.55. The van der Waals surface area contributed by atoms with Crippen LogP contribution in [0.4, 0.5) is 20.5 Å². The van der Waals surface area contributed by atoms with Gasteiger partial charge in [0.1, 0.15) is 11.2 Å². The second-order valence-corrected chi connectivity index (χ2v) is 16.3. The molecule has 2 aliphatic rings. The third-order valence-electron chi connectivity index (χ3n) is 8.58. The summed E-state index contributed by atoms with van der Waals surface area (Å²) in [6, 6.07) is 9.76. The van der Waals surface area contributed by atoms with Gasteiger partial charge in [0.25, 0.3) is 5.56 Å². The number of benzene rings is 2. The quantitative estimate of drug-likeness (QED) is 0.207. The lowest BCUT2D eigenvalue weighted by Gasteiger charge is -2.40. The van der Waals surface area contributed by atoms with Gasteiger partial charge >= 0.3 is 12.2 Å². The maximum Gasteiger partial charge on any atom is 0.413 e. The lowest BCUT2D eigenvalue weighted by molar-refractivity contribution is -0.00330. The number of carbonyl (C=O) groups excluding carboxylic acids is 2. The normalized spacial score (nSPS) is 17.4. The van der Waals surface area contributed by atoms with Gasteiger partial charge in [0.05, 0.1) is 26.3 Å². The summed E-state index contributed by atoms with van der Waals surface area (Å²) < 4.78 is 13.5. The smallest absolute Gasteiger partial charge is 0.413 e. The molecule has 49 heavy (non-hydrogen) atoms. The van der Waals surface area contributed by atoms with Crippen LogP contribution in [0.15, 0.2) is 35.1 Å². The molecule has 2 fully saturated rings. The fraction of sp³-hybridized carbons (Fsp3) is 0.514. The molecule has 0 bridgehead atoms. The molecule has 2 saturated heterocycles. The Hall–Kier alpha value is -3.94. The van der Waals surface area contributed by atoms with Gasteiger partial charge in [0.15, 0.2) is 10.9 Å². The SMILES string of the molecule is CN1CCC[C@H]1CNc1nc2cc(-c3cccc4sc(NC(=O)OC(C)(C)C)nc34)c(Cl)cc2n(CC2CN(C(=O)OC(C)(C)C)C2)c1=O. The van der Waals surface area contributed by atoms with E-state index in [0.29, 0.717) is 64.5 Å². The Bertz CT molecular complexity index is 1960. The zero-order valence-corrected chi connectivity index (χ0v) is 30.6. The van der Waals surface area contributed by atoms with Crippen molar-refractivity contribution in [1.29, 1.82) is 0 Å². The van der Waals surface area contributed by atoms with Crippen LogP contribution < -0.4 is 16.2 Å². The average Bonchev–Trinajstić information content (AvgIpc) is 3.57. The van der Waals surface area contributed by atoms with Crippen molar-refractivity contribution < 1.29 is 19.1 Å². The maximum atomic E-state index is 14.0. The highest BCUT2D eigenvalue weighted by atomic mass is 35.5. The van der Waals surface area contributed by atoms with Crippen molar-refractivity contribution in [2.24, 2.45) is 5.92 Å². The Balaban J connectivity index is 1.34. The van der Waals surface area contributed by atoms with Crippen molar-refractivity contribution in [2.75, 3.05) is 43.9 Å². The van der Waals surface area contributed by atoms with E-state index in [9.17, 15) is 14.4 Å². The Labute approximate surface area is 294 Å². The molecule has 2 aromatic carbocycles. The summed E-state index contributed by atoms with van der Waals surface area (Å²) >= 11 is 8.33. The summed E-state index contributed by atoms with van der Waals surface area (Å²) in [4.78, 5) is 52.6. The Morgan fingerprint density at radius 3 is 2.45 bits per heavy atom. The van der Waals surface area contributed by atoms with Crippen molar-refractivity contribution in [1.82, 2.24) is 24.3 Å². The van der Waals surface area contributed by atoms with Gasteiger partial charge in [-0.2, -0.15) is 0 Å². The number of halogens is 1. The summed E-state index contributed by atoms with van der Waals surface area (Å²) in [5.74, 6) is 0.336.